The summed E-state index contributed by atoms with van der Waals surface area (Å²) >= 11 is 0. The number of fused-ring (bicyclic) bond motifs is 2. The molecule has 3 aromatic carbocycles. The zero-order chi connectivity index (χ0) is 26.6. The summed E-state index contributed by atoms with van der Waals surface area (Å²) in [6, 6.07) is 17.1. The quantitative estimate of drug-likeness (QED) is 0.301. The van der Waals surface area contributed by atoms with Crippen LogP contribution in [-0.4, -0.2) is 41.3 Å². The van der Waals surface area contributed by atoms with Gasteiger partial charge in [0.2, 0.25) is 0 Å². The predicted molar refractivity (Wildman–Crippen MR) is 135 cm³/mol. The first-order valence-electron chi connectivity index (χ1n) is 12.1. The molecule has 0 aliphatic carbocycles. The van der Waals surface area contributed by atoms with Gasteiger partial charge in [0, 0.05) is 0 Å². The molecule has 8 nitrogen and oxygen atoms in total. The molecule has 0 saturated heterocycles. The van der Waals surface area contributed by atoms with Crippen molar-refractivity contribution in [2.24, 2.45) is 5.92 Å². The van der Waals surface area contributed by atoms with Crippen LogP contribution in [0.1, 0.15) is 52.1 Å². The summed E-state index contributed by atoms with van der Waals surface area (Å²) in [5.74, 6) is -1.94. The van der Waals surface area contributed by atoms with Crippen molar-refractivity contribution in [2.45, 2.75) is 26.4 Å². The normalized spacial score (nSPS) is 14.1. The number of halogens is 2. The number of carbonyl (C=O) groups is 2. The summed E-state index contributed by atoms with van der Waals surface area (Å²) in [6.45, 7) is 4.00. The van der Waals surface area contributed by atoms with Crippen molar-refractivity contribution in [1.82, 2.24) is 29.4 Å². The van der Waals surface area contributed by atoms with Crippen molar-refractivity contribution in [1.29, 1.82) is 0 Å². The molecule has 0 bridgehead atoms. The molecule has 1 aliphatic rings. The lowest BCUT2D eigenvalue weighted by molar-refractivity contribution is 0.0525. The fourth-order valence-electron chi connectivity index (χ4n) is 5.01. The molecule has 190 valence electrons. The molecule has 2 amide bonds. The first kappa shape index (κ1) is 23.7. The van der Waals surface area contributed by atoms with Crippen molar-refractivity contribution in [3.63, 3.8) is 0 Å². The van der Waals surface area contributed by atoms with Crippen LogP contribution < -0.4 is 0 Å². The van der Waals surface area contributed by atoms with Gasteiger partial charge >= 0.3 is 0 Å². The van der Waals surface area contributed by atoms with E-state index in [0.29, 0.717) is 28.2 Å². The second-order valence-electron chi connectivity index (χ2n) is 9.48. The number of benzene rings is 3. The molecule has 1 aliphatic heterocycles. The third-order valence-electron chi connectivity index (χ3n) is 6.71. The number of aromatic nitrogens is 5. The van der Waals surface area contributed by atoms with E-state index in [1.54, 1.807) is 24.3 Å². The van der Waals surface area contributed by atoms with Crippen LogP contribution in [0.25, 0.3) is 16.7 Å². The number of para-hydroxylation sites is 3. The summed E-state index contributed by atoms with van der Waals surface area (Å²) in [4.78, 5) is 32.9. The van der Waals surface area contributed by atoms with Gasteiger partial charge < -0.3 is 4.57 Å². The van der Waals surface area contributed by atoms with Crippen molar-refractivity contribution in [3.05, 3.63) is 107 Å². The van der Waals surface area contributed by atoms with E-state index in [4.69, 9.17) is 4.98 Å². The number of hydrogen-bond donors (Lipinski definition) is 0. The molecular formula is C28H22F2N6O2. The first-order valence-corrected chi connectivity index (χ1v) is 12.1. The molecule has 0 unspecified atom stereocenters. The summed E-state index contributed by atoms with van der Waals surface area (Å²) in [7, 11) is 0. The molecule has 0 saturated carbocycles. The number of imide groups is 1. The van der Waals surface area contributed by atoms with E-state index in [1.165, 1.54) is 17.2 Å². The molecule has 38 heavy (non-hydrogen) atoms. The lowest BCUT2D eigenvalue weighted by Crippen LogP contribution is -2.38. The Labute approximate surface area is 216 Å². The second kappa shape index (κ2) is 8.98. The van der Waals surface area contributed by atoms with Gasteiger partial charge in [0.1, 0.15) is 23.2 Å². The molecule has 2 aromatic heterocycles. The summed E-state index contributed by atoms with van der Waals surface area (Å²) in [5, 5.41) is 8.09. The number of imidazole rings is 1. The Balaban J connectivity index is 1.45. The Morgan fingerprint density at radius 1 is 0.842 bits per heavy atom. The zero-order valence-corrected chi connectivity index (χ0v) is 20.5. The third kappa shape index (κ3) is 3.68. The van der Waals surface area contributed by atoms with E-state index in [1.807, 2.05) is 42.7 Å². The van der Waals surface area contributed by atoms with Gasteiger partial charge in [0.05, 0.1) is 34.9 Å². The third-order valence-corrected chi connectivity index (χ3v) is 6.71. The summed E-state index contributed by atoms with van der Waals surface area (Å²) in [5.41, 5.74) is 2.25. The molecule has 0 radical (unpaired) electrons. The highest BCUT2D eigenvalue weighted by molar-refractivity contribution is 6.21. The van der Waals surface area contributed by atoms with E-state index >= 15 is 0 Å². The van der Waals surface area contributed by atoms with E-state index in [9.17, 15) is 18.4 Å². The monoisotopic (exact) mass is 512 g/mol. The molecule has 0 spiro atoms. The van der Waals surface area contributed by atoms with Crippen LogP contribution in [-0.2, 0) is 6.54 Å². The highest BCUT2D eigenvalue weighted by Crippen LogP contribution is 2.37. The molecular weight excluding hydrogens is 490 g/mol. The Morgan fingerprint density at radius 2 is 1.47 bits per heavy atom. The molecule has 1 atom stereocenters. The topological polar surface area (TPSA) is 85.9 Å². The molecule has 5 aromatic rings. The maximum absolute atomic E-state index is 14.3. The van der Waals surface area contributed by atoms with Gasteiger partial charge in [0.25, 0.3) is 11.8 Å². The van der Waals surface area contributed by atoms with E-state index < -0.39 is 17.7 Å². The van der Waals surface area contributed by atoms with Crippen LogP contribution in [0.3, 0.4) is 0 Å². The lowest BCUT2D eigenvalue weighted by Gasteiger charge is -2.29. The fourth-order valence-corrected chi connectivity index (χ4v) is 5.01. The highest BCUT2D eigenvalue weighted by Gasteiger charge is 2.43. The van der Waals surface area contributed by atoms with Crippen LogP contribution in [0.15, 0.2) is 72.9 Å². The number of rotatable bonds is 6. The maximum atomic E-state index is 14.3. The molecule has 0 N–H and O–H groups in total. The standard InChI is InChI=1S/C28H22F2N6O2/c1-16(2)24(36-27(37)18-8-3-4-9-19(18)28(36)38)26-31-22-12-5-6-13-23(22)34(26)14-17-15-35(33-32-17)25-20(29)10-7-11-21(25)30/h3-13,15-16,24H,14H2,1-2H3/t24-/m1/s1. The van der Waals surface area contributed by atoms with Gasteiger partial charge in [-0.3, -0.25) is 14.5 Å². The van der Waals surface area contributed by atoms with Crippen LogP contribution >= 0.6 is 0 Å². The second-order valence-corrected chi connectivity index (χ2v) is 9.48. The summed E-state index contributed by atoms with van der Waals surface area (Å²) in [6.07, 6.45) is 1.45. The van der Waals surface area contributed by atoms with Gasteiger partial charge in [-0.15, -0.1) is 5.10 Å². The van der Waals surface area contributed by atoms with Crippen LogP contribution in [0.4, 0.5) is 8.78 Å². The lowest BCUT2D eigenvalue weighted by atomic mass is 10.0. The minimum Gasteiger partial charge on any atom is -0.320 e. The van der Waals surface area contributed by atoms with E-state index in [2.05, 4.69) is 10.3 Å². The van der Waals surface area contributed by atoms with Crippen LogP contribution in [0.5, 0.6) is 0 Å². The zero-order valence-electron chi connectivity index (χ0n) is 20.5. The van der Waals surface area contributed by atoms with Gasteiger partial charge in [-0.1, -0.05) is 49.4 Å². The van der Waals surface area contributed by atoms with Crippen LogP contribution in [0, 0.1) is 17.6 Å². The van der Waals surface area contributed by atoms with Crippen molar-refractivity contribution >= 4 is 22.8 Å². The van der Waals surface area contributed by atoms with Gasteiger partial charge in [-0.25, -0.2) is 18.4 Å². The fraction of sp³-hybridized carbons (Fsp3) is 0.179. The Bertz CT molecular complexity index is 1670. The number of carbonyl (C=O) groups excluding carboxylic acids is 2. The number of hydrogen-bond acceptors (Lipinski definition) is 5. The minimum atomic E-state index is -0.763. The number of nitrogens with zero attached hydrogens (tertiary/aromatic N) is 6. The van der Waals surface area contributed by atoms with Gasteiger partial charge in [-0.05, 0) is 42.3 Å². The van der Waals surface area contributed by atoms with E-state index in [-0.39, 0.29) is 30.0 Å². The minimum absolute atomic E-state index is 0.151. The first-order chi connectivity index (χ1) is 18.3. The summed E-state index contributed by atoms with van der Waals surface area (Å²) < 4.78 is 31.6. The van der Waals surface area contributed by atoms with Crippen molar-refractivity contribution < 1.29 is 18.4 Å². The van der Waals surface area contributed by atoms with Gasteiger partial charge in [-0.2, -0.15) is 0 Å². The van der Waals surface area contributed by atoms with Crippen molar-refractivity contribution in [3.8, 4) is 5.69 Å². The highest BCUT2D eigenvalue weighted by atomic mass is 19.1. The smallest absolute Gasteiger partial charge is 0.262 e. The van der Waals surface area contributed by atoms with Gasteiger partial charge in [0.15, 0.2) is 11.6 Å². The molecule has 6 rings (SSSR count). The van der Waals surface area contributed by atoms with Crippen LogP contribution in [0.2, 0.25) is 0 Å². The maximum Gasteiger partial charge on any atom is 0.262 e. The average molecular weight is 513 g/mol. The Kier molecular flexibility index (Phi) is 5.59. The average Bonchev–Trinajstić information content (AvgIpc) is 3.57. The molecule has 3 heterocycles. The SMILES string of the molecule is CC(C)[C@H](c1nc2ccccc2n1Cc1cn(-c2c(F)cccc2F)nn1)N1C(=O)c2ccccc2C1=O. The van der Waals surface area contributed by atoms with Crippen molar-refractivity contribution in [2.75, 3.05) is 0 Å². The Hall–Kier alpha value is -4.73. The number of amides is 2. The molecule has 10 heteroatoms. The predicted octanol–water partition coefficient (Wildman–Crippen LogP) is 4.94. The molecule has 0 fully saturated rings. The largest absolute Gasteiger partial charge is 0.320 e. The Morgan fingerprint density at radius 3 is 2.13 bits per heavy atom. The van der Waals surface area contributed by atoms with E-state index in [0.717, 1.165) is 22.3 Å².